The van der Waals surface area contributed by atoms with Crippen LogP contribution in [0.2, 0.25) is 0 Å². The molecule has 1 nitrogen and oxygen atoms in total. The number of carbonyl (C=O) groups is 1. The Morgan fingerprint density at radius 1 is 1.18 bits per heavy atom. The van der Waals surface area contributed by atoms with Crippen LogP contribution in [0.1, 0.15) is 40.9 Å². The van der Waals surface area contributed by atoms with Crippen LogP contribution in [0.15, 0.2) is 47.8 Å². The van der Waals surface area contributed by atoms with E-state index >= 15 is 0 Å². The molecule has 1 aromatic heterocycles. The molecule has 0 saturated heterocycles. The molecule has 0 aliphatic heterocycles. The topological polar surface area (TPSA) is 17.1 Å². The zero-order valence-corrected chi connectivity index (χ0v) is 10.7. The third kappa shape index (κ3) is 3.04. The van der Waals surface area contributed by atoms with Crippen LogP contribution in [0, 0.1) is 0 Å². The highest BCUT2D eigenvalue weighted by atomic mass is 32.1. The van der Waals surface area contributed by atoms with Gasteiger partial charge in [0.1, 0.15) is 0 Å². The van der Waals surface area contributed by atoms with Gasteiger partial charge in [-0.1, -0.05) is 43.3 Å². The summed E-state index contributed by atoms with van der Waals surface area (Å²) >= 11 is 1.74. The molecule has 0 saturated carbocycles. The third-order valence-electron chi connectivity index (χ3n) is 2.97. The molecular formula is C15H16OS. The minimum Gasteiger partial charge on any atom is -0.294 e. The zero-order chi connectivity index (χ0) is 12.1. The van der Waals surface area contributed by atoms with Crippen LogP contribution in [0.4, 0.5) is 0 Å². The Bertz CT molecular complexity index is 459. The molecule has 0 unspecified atom stereocenters. The van der Waals surface area contributed by atoms with E-state index in [0.29, 0.717) is 12.3 Å². The highest BCUT2D eigenvalue weighted by molar-refractivity contribution is 7.10. The smallest absolute Gasteiger partial charge is 0.163 e. The first-order chi connectivity index (χ1) is 8.31. The fraction of sp³-hybridized carbons (Fsp3) is 0.267. The predicted molar refractivity (Wildman–Crippen MR) is 72.7 cm³/mol. The minimum atomic E-state index is 0.242. The number of Topliss-reactive ketones (excluding diaryl/α,β-unsaturated/α-hetero) is 1. The van der Waals surface area contributed by atoms with Crippen LogP contribution in [0.25, 0.3) is 0 Å². The molecule has 0 spiro atoms. The van der Waals surface area contributed by atoms with Crippen molar-refractivity contribution in [3.05, 3.63) is 58.3 Å². The standard InChI is InChI=1S/C15H16OS/c1-2-12(15-9-6-10-17-15)11-14(16)13-7-4-3-5-8-13/h3-10,12H,2,11H2,1H3/t12-/m0/s1. The maximum absolute atomic E-state index is 12.1. The van der Waals surface area contributed by atoms with E-state index in [2.05, 4.69) is 24.4 Å². The monoisotopic (exact) mass is 244 g/mol. The van der Waals surface area contributed by atoms with Crippen LogP contribution in [0.5, 0.6) is 0 Å². The number of hydrogen-bond acceptors (Lipinski definition) is 2. The molecule has 2 aromatic rings. The van der Waals surface area contributed by atoms with Gasteiger partial charge in [0.25, 0.3) is 0 Å². The van der Waals surface area contributed by atoms with Crippen molar-refractivity contribution in [2.75, 3.05) is 0 Å². The number of benzene rings is 1. The van der Waals surface area contributed by atoms with Crippen molar-refractivity contribution in [1.82, 2.24) is 0 Å². The fourth-order valence-electron chi connectivity index (χ4n) is 1.94. The number of thiophene rings is 1. The molecule has 0 amide bonds. The molecule has 2 heteroatoms. The van der Waals surface area contributed by atoms with Crippen LogP contribution in [-0.4, -0.2) is 5.78 Å². The van der Waals surface area contributed by atoms with Gasteiger partial charge in [-0.3, -0.25) is 4.79 Å². The largest absolute Gasteiger partial charge is 0.294 e. The Hall–Kier alpha value is -1.41. The summed E-state index contributed by atoms with van der Waals surface area (Å²) in [5.41, 5.74) is 0.822. The molecule has 0 aliphatic carbocycles. The van der Waals surface area contributed by atoms with E-state index in [1.54, 1.807) is 11.3 Å². The first-order valence-electron chi connectivity index (χ1n) is 5.93. The second-order valence-corrected chi connectivity index (χ2v) is 5.09. The molecule has 2 rings (SSSR count). The van der Waals surface area contributed by atoms with E-state index in [4.69, 9.17) is 0 Å². The molecular weight excluding hydrogens is 228 g/mol. The first-order valence-corrected chi connectivity index (χ1v) is 6.81. The number of carbonyl (C=O) groups excluding carboxylic acids is 1. The van der Waals surface area contributed by atoms with Crippen molar-refractivity contribution in [3.8, 4) is 0 Å². The maximum atomic E-state index is 12.1. The second-order valence-electron chi connectivity index (χ2n) is 4.11. The minimum absolute atomic E-state index is 0.242. The summed E-state index contributed by atoms with van der Waals surface area (Å²) in [6, 6.07) is 13.7. The van der Waals surface area contributed by atoms with Gasteiger partial charge in [-0.2, -0.15) is 0 Å². The van der Waals surface area contributed by atoms with Gasteiger partial charge in [0, 0.05) is 22.8 Å². The van der Waals surface area contributed by atoms with Crippen LogP contribution in [0.3, 0.4) is 0 Å². The van der Waals surface area contributed by atoms with Gasteiger partial charge in [0.2, 0.25) is 0 Å². The molecule has 0 N–H and O–H groups in total. The Labute approximate surface area is 106 Å². The van der Waals surface area contributed by atoms with Crippen molar-refractivity contribution >= 4 is 17.1 Å². The van der Waals surface area contributed by atoms with Gasteiger partial charge in [-0.15, -0.1) is 11.3 Å². The molecule has 88 valence electrons. The molecule has 0 aliphatic rings. The average Bonchev–Trinajstić information content (AvgIpc) is 2.90. The summed E-state index contributed by atoms with van der Waals surface area (Å²) in [5.74, 6) is 0.605. The number of rotatable bonds is 5. The highest BCUT2D eigenvalue weighted by Gasteiger charge is 2.16. The Morgan fingerprint density at radius 3 is 2.53 bits per heavy atom. The summed E-state index contributed by atoms with van der Waals surface area (Å²) in [6.07, 6.45) is 1.63. The van der Waals surface area contributed by atoms with Crippen molar-refractivity contribution in [2.45, 2.75) is 25.7 Å². The molecule has 0 radical (unpaired) electrons. The Balaban J connectivity index is 2.08. The van der Waals surface area contributed by atoms with Crippen molar-refractivity contribution < 1.29 is 4.79 Å². The SMILES string of the molecule is CC[C@@H](CC(=O)c1ccccc1)c1cccs1. The van der Waals surface area contributed by atoms with E-state index in [1.165, 1.54) is 4.88 Å². The normalized spacial score (nSPS) is 12.3. The van der Waals surface area contributed by atoms with E-state index in [0.717, 1.165) is 12.0 Å². The van der Waals surface area contributed by atoms with Gasteiger partial charge in [-0.25, -0.2) is 0 Å². The van der Waals surface area contributed by atoms with Crippen molar-refractivity contribution in [1.29, 1.82) is 0 Å². The van der Waals surface area contributed by atoms with E-state index in [9.17, 15) is 4.79 Å². The van der Waals surface area contributed by atoms with Gasteiger partial charge in [-0.05, 0) is 17.9 Å². The lowest BCUT2D eigenvalue weighted by Crippen LogP contribution is -2.05. The van der Waals surface area contributed by atoms with Crippen molar-refractivity contribution in [2.24, 2.45) is 0 Å². The van der Waals surface area contributed by atoms with Crippen LogP contribution < -0.4 is 0 Å². The van der Waals surface area contributed by atoms with E-state index in [-0.39, 0.29) is 5.78 Å². The molecule has 17 heavy (non-hydrogen) atoms. The predicted octanol–water partition coefficient (Wildman–Crippen LogP) is 4.51. The fourth-order valence-corrected chi connectivity index (χ4v) is 2.85. The van der Waals surface area contributed by atoms with Crippen LogP contribution >= 0.6 is 11.3 Å². The van der Waals surface area contributed by atoms with Gasteiger partial charge < -0.3 is 0 Å². The molecule has 0 fully saturated rings. The van der Waals surface area contributed by atoms with Gasteiger partial charge >= 0.3 is 0 Å². The second kappa shape index (κ2) is 5.78. The lowest BCUT2D eigenvalue weighted by Gasteiger charge is -2.11. The summed E-state index contributed by atoms with van der Waals surface area (Å²) < 4.78 is 0. The average molecular weight is 244 g/mol. The first kappa shape index (κ1) is 12.1. The highest BCUT2D eigenvalue weighted by Crippen LogP contribution is 2.28. The number of ketones is 1. The maximum Gasteiger partial charge on any atom is 0.163 e. The quantitative estimate of drug-likeness (QED) is 0.707. The Morgan fingerprint density at radius 2 is 1.94 bits per heavy atom. The van der Waals surface area contributed by atoms with E-state index < -0.39 is 0 Å². The van der Waals surface area contributed by atoms with Gasteiger partial charge in [0.15, 0.2) is 5.78 Å². The molecule has 1 aromatic carbocycles. The van der Waals surface area contributed by atoms with Gasteiger partial charge in [0.05, 0.1) is 0 Å². The Kier molecular flexibility index (Phi) is 4.10. The van der Waals surface area contributed by atoms with E-state index in [1.807, 2.05) is 30.3 Å². The molecule has 0 bridgehead atoms. The van der Waals surface area contributed by atoms with Crippen molar-refractivity contribution in [3.63, 3.8) is 0 Å². The number of hydrogen-bond donors (Lipinski definition) is 0. The molecule has 1 heterocycles. The summed E-state index contributed by atoms with van der Waals surface area (Å²) in [4.78, 5) is 13.4. The molecule has 1 atom stereocenters. The lowest BCUT2D eigenvalue weighted by atomic mass is 9.95. The third-order valence-corrected chi connectivity index (χ3v) is 4.00. The van der Waals surface area contributed by atoms with Crippen LogP contribution in [-0.2, 0) is 0 Å². The summed E-state index contributed by atoms with van der Waals surface area (Å²) in [7, 11) is 0. The zero-order valence-electron chi connectivity index (χ0n) is 9.93. The lowest BCUT2D eigenvalue weighted by molar-refractivity contribution is 0.0973. The summed E-state index contributed by atoms with van der Waals surface area (Å²) in [6.45, 7) is 2.14. The summed E-state index contributed by atoms with van der Waals surface area (Å²) in [5, 5.41) is 2.07.